The smallest absolute Gasteiger partial charge is 0.325 e. The van der Waals surface area contributed by atoms with Crippen molar-refractivity contribution in [2.75, 3.05) is 18.5 Å². The maximum absolute atomic E-state index is 13.2. The lowest BCUT2D eigenvalue weighted by atomic mass is 9.89. The maximum Gasteiger partial charge on any atom is 0.325 e. The molecule has 2 aromatic carbocycles. The van der Waals surface area contributed by atoms with Crippen LogP contribution in [0.25, 0.3) is 0 Å². The molecule has 1 atom stereocenters. The Bertz CT molecular complexity index is 1160. The van der Waals surface area contributed by atoms with Crippen molar-refractivity contribution in [1.29, 1.82) is 0 Å². The molecule has 5 rings (SSSR count). The Morgan fingerprint density at radius 2 is 1.90 bits per heavy atom. The highest BCUT2D eigenvalue weighted by molar-refractivity contribution is 6.11. The topological polar surface area (TPSA) is 105 Å². The monoisotopic (exact) mass is 419 g/mol. The highest BCUT2D eigenvalue weighted by atomic mass is 16.5. The molecule has 2 aromatic rings. The van der Waals surface area contributed by atoms with Crippen LogP contribution in [0.4, 0.5) is 10.5 Å². The molecular weight excluding hydrogens is 398 g/mol. The molecule has 158 valence electrons. The number of Topliss-reactive ketones (excluding diaryl/α,β-unsaturated/α-hetero) is 1. The Morgan fingerprint density at radius 1 is 1.10 bits per heavy atom. The third-order valence-electron chi connectivity index (χ3n) is 6.19. The molecule has 1 saturated heterocycles. The summed E-state index contributed by atoms with van der Waals surface area (Å²) in [6.45, 7) is 1.20. The number of nitrogens with zero attached hydrogens (tertiary/aromatic N) is 1. The highest BCUT2D eigenvalue weighted by Crippen LogP contribution is 2.33. The molecule has 0 spiro atoms. The summed E-state index contributed by atoms with van der Waals surface area (Å²) in [4.78, 5) is 51.1. The lowest BCUT2D eigenvalue weighted by Gasteiger charge is -2.23. The summed E-state index contributed by atoms with van der Waals surface area (Å²) in [5.41, 5.74) is 2.65. The number of carbonyl (C=O) groups excluding carboxylic acids is 4. The highest BCUT2D eigenvalue weighted by Gasteiger charge is 2.49. The number of rotatable bonds is 4. The Labute approximate surface area is 178 Å². The minimum absolute atomic E-state index is 0.0793. The molecule has 2 N–H and O–H groups in total. The molecule has 8 nitrogen and oxygen atoms in total. The predicted molar refractivity (Wildman–Crippen MR) is 111 cm³/mol. The van der Waals surface area contributed by atoms with Crippen molar-refractivity contribution in [3.05, 3.63) is 58.7 Å². The van der Waals surface area contributed by atoms with E-state index in [0.717, 1.165) is 29.7 Å². The average Bonchev–Trinajstić information content (AvgIpc) is 3.31. The van der Waals surface area contributed by atoms with Gasteiger partial charge in [0, 0.05) is 5.56 Å². The summed E-state index contributed by atoms with van der Waals surface area (Å²) < 4.78 is 5.29. The summed E-state index contributed by atoms with van der Waals surface area (Å²) in [6.07, 6.45) is 3.07. The fraction of sp³-hybridized carbons (Fsp3) is 0.304. The summed E-state index contributed by atoms with van der Waals surface area (Å²) in [5, 5.41) is 5.40. The van der Waals surface area contributed by atoms with Gasteiger partial charge in [-0.15, -0.1) is 0 Å². The molecular formula is C23H21N3O5. The van der Waals surface area contributed by atoms with E-state index in [0.29, 0.717) is 11.4 Å². The van der Waals surface area contributed by atoms with Gasteiger partial charge >= 0.3 is 6.03 Å². The molecule has 0 aromatic heterocycles. The average molecular weight is 419 g/mol. The molecule has 0 radical (unpaired) electrons. The van der Waals surface area contributed by atoms with E-state index in [1.807, 2.05) is 18.2 Å². The second kappa shape index (κ2) is 6.94. The SMILES string of the molecule is CC1(c2ccc3c(c2)CCC3)NC(=O)N(CC(=O)c2ccc3c(c2)NC(=O)CO3)C1=O. The number of anilines is 1. The zero-order valence-corrected chi connectivity index (χ0v) is 17.0. The zero-order chi connectivity index (χ0) is 21.8. The number of ketones is 1. The molecule has 3 aliphatic rings. The van der Waals surface area contributed by atoms with Gasteiger partial charge in [-0.1, -0.05) is 18.2 Å². The zero-order valence-electron chi connectivity index (χ0n) is 17.0. The van der Waals surface area contributed by atoms with Crippen molar-refractivity contribution in [1.82, 2.24) is 10.2 Å². The Morgan fingerprint density at radius 3 is 2.74 bits per heavy atom. The molecule has 31 heavy (non-hydrogen) atoms. The molecule has 0 bridgehead atoms. The van der Waals surface area contributed by atoms with E-state index < -0.39 is 29.8 Å². The van der Waals surface area contributed by atoms with Gasteiger partial charge in [0.1, 0.15) is 11.3 Å². The summed E-state index contributed by atoms with van der Waals surface area (Å²) in [6, 6.07) is 9.90. The number of carbonyl (C=O) groups is 4. The largest absolute Gasteiger partial charge is 0.482 e. The number of aryl methyl sites for hydroxylation is 2. The first-order chi connectivity index (χ1) is 14.8. The van der Waals surface area contributed by atoms with Gasteiger partial charge in [0.15, 0.2) is 12.4 Å². The van der Waals surface area contributed by atoms with Crippen molar-refractivity contribution >= 4 is 29.3 Å². The quantitative estimate of drug-likeness (QED) is 0.584. The minimum atomic E-state index is -1.22. The first-order valence-corrected chi connectivity index (χ1v) is 10.2. The van der Waals surface area contributed by atoms with Crippen LogP contribution < -0.4 is 15.4 Å². The fourth-order valence-corrected chi connectivity index (χ4v) is 4.41. The summed E-state index contributed by atoms with van der Waals surface area (Å²) in [5.74, 6) is -0.714. The van der Waals surface area contributed by atoms with Gasteiger partial charge in [0.25, 0.3) is 11.8 Å². The normalized spacial score (nSPS) is 21.8. The predicted octanol–water partition coefficient (Wildman–Crippen LogP) is 2.16. The number of ether oxygens (including phenoxy) is 1. The minimum Gasteiger partial charge on any atom is -0.482 e. The molecule has 2 aliphatic heterocycles. The Kier molecular flexibility index (Phi) is 4.32. The second-order valence-corrected chi connectivity index (χ2v) is 8.25. The Hall–Kier alpha value is -3.68. The van der Waals surface area contributed by atoms with Gasteiger partial charge in [-0.2, -0.15) is 0 Å². The van der Waals surface area contributed by atoms with Crippen LogP contribution in [0.2, 0.25) is 0 Å². The van der Waals surface area contributed by atoms with E-state index in [-0.39, 0.29) is 18.1 Å². The molecule has 1 fully saturated rings. The van der Waals surface area contributed by atoms with Gasteiger partial charge in [-0.3, -0.25) is 19.3 Å². The van der Waals surface area contributed by atoms with Gasteiger partial charge in [-0.05, 0) is 61.1 Å². The lowest BCUT2D eigenvalue weighted by Crippen LogP contribution is -2.41. The van der Waals surface area contributed by atoms with Crippen LogP contribution in [0.3, 0.4) is 0 Å². The van der Waals surface area contributed by atoms with Crippen LogP contribution in [0.15, 0.2) is 36.4 Å². The first-order valence-electron chi connectivity index (χ1n) is 10.2. The van der Waals surface area contributed by atoms with Gasteiger partial charge in [-0.25, -0.2) is 4.79 Å². The number of hydrogen-bond donors (Lipinski definition) is 2. The van der Waals surface area contributed by atoms with E-state index in [9.17, 15) is 19.2 Å². The molecule has 1 unspecified atom stereocenters. The van der Waals surface area contributed by atoms with Gasteiger partial charge in [0.05, 0.1) is 12.2 Å². The van der Waals surface area contributed by atoms with Crippen LogP contribution >= 0.6 is 0 Å². The van der Waals surface area contributed by atoms with Crippen LogP contribution in [0.1, 0.15) is 40.4 Å². The van der Waals surface area contributed by atoms with Crippen LogP contribution in [0.5, 0.6) is 5.75 Å². The standard InChI is InChI=1S/C23H21N3O5/c1-23(16-7-5-13-3-2-4-14(13)9-16)21(29)26(22(30)25-23)11-18(27)15-6-8-19-17(10-15)24-20(28)12-31-19/h5-10H,2-4,11-12H2,1H3,(H,24,28)(H,25,30). The lowest BCUT2D eigenvalue weighted by molar-refractivity contribution is -0.130. The number of amides is 4. The van der Waals surface area contributed by atoms with Crippen LogP contribution in [-0.4, -0.2) is 41.7 Å². The summed E-state index contributed by atoms with van der Waals surface area (Å²) in [7, 11) is 0. The summed E-state index contributed by atoms with van der Waals surface area (Å²) >= 11 is 0. The number of imide groups is 1. The second-order valence-electron chi connectivity index (χ2n) is 8.25. The van der Waals surface area contributed by atoms with Crippen molar-refractivity contribution in [2.24, 2.45) is 0 Å². The number of hydrogen-bond acceptors (Lipinski definition) is 5. The van der Waals surface area contributed by atoms with E-state index in [2.05, 4.69) is 10.6 Å². The molecule has 1 aliphatic carbocycles. The number of nitrogens with one attached hydrogen (secondary N) is 2. The molecule has 0 saturated carbocycles. The third kappa shape index (κ3) is 3.15. The molecule has 4 amide bonds. The first kappa shape index (κ1) is 19.3. The van der Waals surface area contributed by atoms with E-state index >= 15 is 0 Å². The third-order valence-corrected chi connectivity index (χ3v) is 6.19. The number of fused-ring (bicyclic) bond motifs is 2. The fourth-order valence-electron chi connectivity index (χ4n) is 4.41. The Balaban J connectivity index is 1.37. The molecule has 2 heterocycles. The van der Waals surface area contributed by atoms with Gasteiger partial charge in [0.2, 0.25) is 0 Å². The van der Waals surface area contributed by atoms with Crippen molar-refractivity contribution in [3.8, 4) is 5.75 Å². The maximum atomic E-state index is 13.2. The van der Waals surface area contributed by atoms with E-state index in [4.69, 9.17) is 4.74 Å². The van der Waals surface area contributed by atoms with Crippen molar-refractivity contribution in [3.63, 3.8) is 0 Å². The van der Waals surface area contributed by atoms with Crippen molar-refractivity contribution in [2.45, 2.75) is 31.7 Å². The van der Waals surface area contributed by atoms with Gasteiger partial charge < -0.3 is 15.4 Å². The van der Waals surface area contributed by atoms with Crippen LogP contribution in [-0.2, 0) is 28.0 Å². The number of benzene rings is 2. The number of urea groups is 1. The van der Waals surface area contributed by atoms with Crippen LogP contribution in [0, 0.1) is 0 Å². The molecule has 8 heteroatoms. The van der Waals surface area contributed by atoms with Crippen molar-refractivity contribution < 1.29 is 23.9 Å². The van der Waals surface area contributed by atoms with E-state index in [1.165, 1.54) is 17.2 Å². The van der Waals surface area contributed by atoms with E-state index in [1.54, 1.807) is 19.1 Å².